The van der Waals surface area contributed by atoms with Crippen molar-refractivity contribution in [2.75, 3.05) is 51.8 Å². The summed E-state index contributed by atoms with van der Waals surface area (Å²) in [4.78, 5) is 17.3. The van der Waals surface area contributed by atoms with Gasteiger partial charge in [-0.25, -0.2) is 4.79 Å². The van der Waals surface area contributed by atoms with Crippen molar-refractivity contribution in [3.05, 3.63) is 22.7 Å². The van der Waals surface area contributed by atoms with E-state index in [9.17, 15) is 4.79 Å². The number of rotatable bonds is 4. The lowest BCUT2D eigenvalue weighted by atomic mass is 10.0. The Morgan fingerprint density at radius 2 is 2.08 bits per heavy atom. The SMILES string of the molecule is COc1cc(Cl)c(C)cc1NC(=O)N1CCCC[C@H]1CN1CCOCC1. The molecule has 6 nitrogen and oxygen atoms in total. The summed E-state index contributed by atoms with van der Waals surface area (Å²) < 4.78 is 10.8. The smallest absolute Gasteiger partial charge is 0.322 e. The van der Waals surface area contributed by atoms with Crippen LogP contribution in [-0.2, 0) is 4.74 Å². The Bertz CT molecular complexity index is 635. The molecule has 0 aromatic heterocycles. The third-order valence-corrected chi connectivity index (χ3v) is 5.59. The number of likely N-dealkylation sites (tertiary alicyclic amines) is 1. The largest absolute Gasteiger partial charge is 0.495 e. The summed E-state index contributed by atoms with van der Waals surface area (Å²) in [7, 11) is 1.58. The molecule has 2 heterocycles. The molecule has 2 amide bonds. The third-order valence-electron chi connectivity index (χ3n) is 5.18. The summed E-state index contributed by atoms with van der Waals surface area (Å²) in [6.45, 7) is 7.05. The molecule has 0 bridgehead atoms. The van der Waals surface area contributed by atoms with Gasteiger partial charge in [0.1, 0.15) is 5.75 Å². The average Bonchev–Trinajstić information content (AvgIpc) is 2.65. The van der Waals surface area contributed by atoms with Gasteiger partial charge in [0, 0.05) is 43.3 Å². The number of nitrogens with one attached hydrogen (secondary N) is 1. The number of piperidine rings is 1. The number of carbonyl (C=O) groups excluding carboxylic acids is 1. The van der Waals surface area contributed by atoms with E-state index in [4.69, 9.17) is 21.1 Å². The van der Waals surface area contributed by atoms with Crippen LogP contribution in [0.25, 0.3) is 0 Å². The zero-order valence-corrected chi connectivity index (χ0v) is 16.3. The second-order valence-electron chi connectivity index (χ2n) is 6.99. The number of anilines is 1. The molecule has 2 fully saturated rings. The van der Waals surface area contributed by atoms with Gasteiger partial charge in [-0.05, 0) is 37.8 Å². The molecule has 0 radical (unpaired) electrons. The molecule has 3 rings (SSSR count). The molecule has 1 atom stereocenters. The molecule has 0 saturated carbocycles. The monoisotopic (exact) mass is 381 g/mol. The lowest BCUT2D eigenvalue weighted by molar-refractivity contribution is 0.0229. The predicted octanol–water partition coefficient (Wildman–Crippen LogP) is 3.38. The number of aryl methyl sites for hydroxylation is 1. The van der Waals surface area contributed by atoms with E-state index in [-0.39, 0.29) is 12.1 Å². The Hall–Kier alpha value is -1.50. The minimum absolute atomic E-state index is 0.0667. The fourth-order valence-electron chi connectivity index (χ4n) is 3.66. The number of hydrogen-bond donors (Lipinski definition) is 1. The Morgan fingerprint density at radius 1 is 1.31 bits per heavy atom. The van der Waals surface area contributed by atoms with Gasteiger partial charge in [0.15, 0.2) is 0 Å². The lowest BCUT2D eigenvalue weighted by Crippen LogP contribution is -2.52. The van der Waals surface area contributed by atoms with E-state index in [1.165, 1.54) is 6.42 Å². The number of carbonyl (C=O) groups is 1. The standard InChI is InChI=1S/C19H28ClN3O3/c1-14-11-17(18(25-2)12-16(14)20)21-19(24)23-6-4-3-5-15(23)13-22-7-9-26-10-8-22/h11-12,15H,3-10,13H2,1-2H3,(H,21,24)/t15-/m0/s1. The summed E-state index contributed by atoms with van der Waals surface area (Å²) in [5.74, 6) is 0.579. The van der Waals surface area contributed by atoms with Crippen molar-refractivity contribution in [3.63, 3.8) is 0 Å². The number of hydrogen-bond acceptors (Lipinski definition) is 4. The zero-order valence-electron chi connectivity index (χ0n) is 15.6. The second kappa shape index (κ2) is 8.93. The van der Waals surface area contributed by atoms with Crippen molar-refractivity contribution in [3.8, 4) is 5.75 Å². The minimum Gasteiger partial charge on any atom is -0.495 e. The van der Waals surface area contributed by atoms with Crippen molar-refractivity contribution >= 4 is 23.3 Å². The van der Waals surface area contributed by atoms with Gasteiger partial charge in [0.05, 0.1) is 26.0 Å². The van der Waals surface area contributed by atoms with E-state index in [0.717, 1.165) is 57.8 Å². The zero-order chi connectivity index (χ0) is 18.5. The van der Waals surface area contributed by atoms with Crippen molar-refractivity contribution in [1.82, 2.24) is 9.80 Å². The summed E-state index contributed by atoms with van der Waals surface area (Å²) in [5.41, 5.74) is 1.57. The molecule has 1 aromatic rings. The fourth-order valence-corrected chi connectivity index (χ4v) is 3.81. The van der Waals surface area contributed by atoms with Crippen LogP contribution in [0.5, 0.6) is 5.75 Å². The number of amides is 2. The van der Waals surface area contributed by atoms with Crippen molar-refractivity contribution < 1.29 is 14.3 Å². The molecule has 7 heteroatoms. The molecule has 0 spiro atoms. The van der Waals surface area contributed by atoms with E-state index >= 15 is 0 Å². The Labute approximate surface area is 160 Å². The number of methoxy groups -OCH3 is 1. The first-order chi connectivity index (χ1) is 12.6. The third kappa shape index (κ3) is 4.61. The highest BCUT2D eigenvalue weighted by atomic mass is 35.5. The fraction of sp³-hybridized carbons (Fsp3) is 0.632. The van der Waals surface area contributed by atoms with Crippen LogP contribution >= 0.6 is 11.6 Å². The number of ether oxygens (including phenoxy) is 2. The van der Waals surface area contributed by atoms with Crippen molar-refractivity contribution in [1.29, 1.82) is 0 Å². The first kappa shape index (κ1) is 19.3. The lowest BCUT2D eigenvalue weighted by Gasteiger charge is -2.39. The highest BCUT2D eigenvalue weighted by Gasteiger charge is 2.29. The molecule has 1 aromatic carbocycles. The molecule has 2 aliphatic heterocycles. The minimum atomic E-state index is -0.0667. The summed E-state index contributed by atoms with van der Waals surface area (Å²) in [6, 6.07) is 3.78. The van der Waals surface area contributed by atoms with Gasteiger partial charge in [0.2, 0.25) is 0 Å². The molecule has 2 aliphatic rings. The van der Waals surface area contributed by atoms with Crippen LogP contribution in [0.3, 0.4) is 0 Å². The molecule has 144 valence electrons. The quantitative estimate of drug-likeness (QED) is 0.868. The van der Waals surface area contributed by atoms with Gasteiger partial charge in [-0.2, -0.15) is 0 Å². The van der Waals surface area contributed by atoms with Gasteiger partial charge in [-0.15, -0.1) is 0 Å². The van der Waals surface area contributed by atoms with Gasteiger partial charge in [0.25, 0.3) is 0 Å². The molecule has 0 unspecified atom stereocenters. The highest BCUT2D eigenvalue weighted by molar-refractivity contribution is 6.31. The summed E-state index contributed by atoms with van der Waals surface area (Å²) in [5, 5.41) is 3.65. The first-order valence-corrected chi connectivity index (χ1v) is 9.68. The van der Waals surface area contributed by atoms with Gasteiger partial charge < -0.3 is 19.7 Å². The first-order valence-electron chi connectivity index (χ1n) is 9.30. The molecule has 2 saturated heterocycles. The summed E-state index contributed by atoms with van der Waals surface area (Å²) in [6.07, 6.45) is 3.26. The van der Waals surface area contributed by atoms with Crippen LogP contribution in [0.1, 0.15) is 24.8 Å². The van der Waals surface area contributed by atoms with Crippen LogP contribution in [0.15, 0.2) is 12.1 Å². The van der Waals surface area contributed by atoms with Crippen LogP contribution in [0.4, 0.5) is 10.5 Å². The van der Waals surface area contributed by atoms with Crippen LogP contribution in [0.2, 0.25) is 5.02 Å². The van der Waals surface area contributed by atoms with Crippen LogP contribution < -0.4 is 10.1 Å². The molecular formula is C19H28ClN3O3. The normalized spacial score (nSPS) is 21.5. The van der Waals surface area contributed by atoms with E-state index in [2.05, 4.69) is 10.2 Å². The maximum atomic E-state index is 13.0. The summed E-state index contributed by atoms with van der Waals surface area (Å²) >= 11 is 6.16. The average molecular weight is 382 g/mol. The Kier molecular flexibility index (Phi) is 6.62. The number of morpholine rings is 1. The Balaban J connectivity index is 1.69. The van der Waals surface area contributed by atoms with Crippen LogP contribution in [-0.4, -0.2) is 68.4 Å². The number of urea groups is 1. The van der Waals surface area contributed by atoms with Gasteiger partial charge in [-0.3, -0.25) is 4.90 Å². The predicted molar refractivity (Wildman–Crippen MR) is 103 cm³/mol. The number of halogens is 1. The van der Waals surface area contributed by atoms with Gasteiger partial charge >= 0.3 is 6.03 Å². The maximum absolute atomic E-state index is 13.0. The van der Waals surface area contributed by atoms with E-state index in [1.54, 1.807) is 13.2 Å². The number of benzene rings is 1. The molecule has 1 N–H and O–H groups in total. The topological polar surface area (TPSA) is 54.0 Å². The van der Waals surface area contributed by atoms with E-state index < -0.39 is 0 Å². The van der Waals surface area contributed by atoms with E-state index in [1.807, 2.05) is 17.9 Å². The molecular weight excluding hydrogens is 354 g/mol. The van der Waals surface area contributed by atoms with Crippen molar-refractivity contribution in [2.45, 2.75) is 32.2 Å². The highest BCUT2D eigenvalue weighted by Crippen LogP contribution is 2.31. The number of nitrogens with zero attached hydrogens (tertiary/aromatic N) is 2. The van der Waals surface area contributed by atoms with Gasteiger partial charge in [-0.1, -0.05) is 11.6 Å². The Morgan fingerprint density at radius 3 is 2.81 bits per heavy atom. The van der Waals surface area contributed by atoms with Crippen molar-refractivity contribution in [2.24, 2.45) is 0 Å². The van der Waals surface area contributed by atoms with E-state index in [0.29, 0.717) is 16.5 Å². The maximum Gasteiger partial charge on any atom is 0.322 e. The van der Waals surface area contributed by atoms with Crippen LogP contribution in [0, 0.1) is 6.92 Å². The second-order valence-corrected chi connectivity index (χ2v) is 7.40. The molecule has 0 aliphatic carbocycles. The molecule has 26 heavy (non-hydrogen) atoms.